The first kappa shape index (κ1) is 15.2. The van der Waals surface area contributed by atoms with Crippen LogP contribution in [-0.4, -0.2) is 17.6 Å². The van der Waals surface area contributed by atoms with E-state index in [1.807, 2.05) is 54.6 Å². The van der Waals surface area contributed by atoms with Gasteiger partial charge in [0.25, 0.3) is 0 Å². The maximum absolute atomic E-state index is 8.67. The lowest BCUT2D eigenvalue weighted by Crippen LogP contribution is -2.27. The number of para-hydroxylation sites is 1. The summed E-state index contributed by atoms with van der Waals surface area (Å²) in [6.07, 6.45) is 0.499. The molecule has 0 aliphatic rings. The molecule has 0 aromatic heterocycles. The predicted octanol–water partition coefficient (Wildman–Crippen LogP) is 3.48. The fourth-order valence-corrected chi connectivity index (χ4v) is 2.17. The van der Waals surface area contributed by atoms with E-state index >= 15 is 0 Å². The fourth-order valence-electron chi connectivity index (χ4n) is 2.05. The summed E-state index contributed by atoms with van der Waals surface area (Å²) in [6, 6.07) is 17.8. The number of halogens is 1. The highest BCUT2D eigenvalue weighted by Gasteiger charge is 2.08. The summed E-state index contributed by atoms with van der Waals surface area (Å²) < 4.78 is 0. The highest BCUT2D eigenvalue weighted by atomic mass is 35.5. The number of oxime groups is 1. The van der Waals surface area contributed by atoms with E-state index < -0.39 is 0 Å². The molecule has 0 heterocycles. The van der Waals surface area contributed by atoms with Crippen molar-refractivity contribution in [3.8, 4) is 0 Å². The van der Waals surface area contributed by atoms with Crippen LogP contribution in [0.15, 0.2) is 59.8 Å². The van der Waals surface area contributed by atoms with Crippen LogP contribution < -0.4 is 10.6 Å². The second-order valence-electron chi connectivity index (χ2n) is 4.72. The van der Waals surface area contributed by atoms with E-state index in [1.165, 1.54) is 0 Å². The van der Waals surface area contributed by atoms with E-state index in [4.69, 9.17) is 22.5 Å². The van der Waals surface area contributed by atoms with Crippen LogP contribution in [0.3, 0.4) is 0 Å². The normalized spacial score (nSPS) is 11.4. The van der Waals surface area contributed by atoms with Crippen molar-refractivity contribution in [2.24, 2.45) is 10.9 Å². The van der Waals surface area contributed by atoms with Gasteiger partial charge in [-0.25, -0.2) is 0 Å². The van der Waals surface area contributed by atoms with Crippen LogP contribution in [0.25, 0.3) is 0 Å². The fraction of sp³-hybridized carbons (Fsp3) is 0.188. The third-order valence-corrected chi connectivity index (χ3v) is 3.43. The molecule has 0 saturated carbocycles. The van der Waals surface area contributed by atoms with Gasteiger partial charge in [-0.15, -0.1) is 0 Å². The van der Waals surface area contributed by atoms with E-state index in [0.717, 1.165) is 22.8 Å². The molecule has 0 unspecified atom stereocenters. The summed E-state index contributed by atoms with van der Waals surface area (Å²) in [6.45, 7) is 1.41. The zero-order chi connectivity index (χ0) is 15.1. The summed E-state index contributed by atoms with van der Waals surface area (Å²) in [7, 11) is 0. The first-order valence-electron chi connectivity index (χ1n) is 6.70. The van der Waals surface area contributed by atoms with Crippen LogP contribution in [0.4, 0.5) is 5.69 Å². The topological polar surface area (TPSA) is 61.8 Å². The molecule has 0 saturated heterocycles. The summed E-state index contributed by atoms with van der Waals surface area (Å²) in [5.41, 5.74) is 7.82. The zero-order valence-corrected chi connectivity index (χ0v) is 12.4. The van der Waals surface area contributed by atoms with Crippen molar-refractivity contribution in [2.75, 3.05) is 11.4 Å². The van der Waals surface area contributed by atoms with Gasteiger partial charge in [0.15, 0.2) is 0 Å². The van der Waals surface area contributed by atoms with E-state index in [-0.39, 0.29) is 5.84 Å². The predicted molar refractivity (Wildman–Crippen MR) is 87.0 cm³/mol. The maximum Gasteiger partial charge on any atom is 0.140 e. The molecule has 0 bridgehead atoms. The summed E-state index contributed by atoms with van der Waals surface area (Å²) in [4.78, 5) is 2.18. The zero-order valence-electron chi connectivity index (χ0n) is 11.6. The van der Waals surface area contributed by atoms with E-state index in [1.54, 1.807) is 0 Å². The van der Waals surface area contributed by atoms with Gasteiger partial charge in [-0.2, -0.15) is 0 Å². The van der Waals surface area contributed by atoms with Crippen molar-refractivity contribution in [1.82, 2.24) is 0 Å². The lowest BCUT2D eigenvalue weighted by molar-refractivity contribution is 0.317. The number of hydrogen-bond donors (Lipinski definition) is 2. The maximum atomic E-state index is 8.67. The number of nitrogens with zero attached hydrogens (tertiary/aromatic N) is 2. The minimum absolute atomic E-state index is 0.229. The Labute approximate surface area is 129 Å². The van der Waals surface area contributed by atoms with Gasteiger partial charge in [-0.05, 0) is 29.8 Å². The number of rotatable bonds is 6. The minimum Gasteiger partial charge on any atom is -0.409 e. The molecule has 0 atom stereocenters. The number of hydrogen-bond acceptors (Lipinski definition) is 3. The van der Waals surface area contributed by atoms with Gasteiger partial charge in [0.05, 0.1) is 0 Å². The quantitative estimate of drug-likeness (QED) is 0.372. The molecule has 0 spiro atoms. The monoisotopic (exact) mass is 303 g/mol. The van der Waals surface area contributed by atoms with Gasteiger partial charge < -0.3 is 15.8 Å². The molecule has 21 heavy (non-hydrogen) atoms. The van der Waals surface area contributed by atoms with E-state index in [9.17, 15) is 0 Å². The van der Waals surface area contributed by atoms with Crippen molar-refractivity contribution in [3.63, 3.8) is 0 Å². The van der Waals surface area contributed by atoms with Crippen molar-refractivity contribution >= 4 is 23.1 Å². The second-order valence-corrected chi connectivity index (χ2v) is 5.16. The Balaban J connectivity index is 2.13. The lowest BCUT2D eigenvalue weighted by Gasteiger charge is -2.25. The molecule has 110 valence electrons. The summed E-state index contributed by atoms with van der Waals surface area (Å²) >= 11 is 5.91. The van der Waals surface area contributed by atoms with Gasteiger partial charge in [-0.1, -0.05) is 47.1 Å². The molecule has 0 radical (unpaired) electrons. The molecule has 2 aromatic carbocycles. The van der Waals surface area contributed by atoms with Gasteiger partial charge in [0.1, 0.15) is 5.84 Å². The number of benzene rings is 2. The second kappa shape index (κ2) is 7.55. The van der Waals surface area contributed by atoms with Gasteiger partial charge >= 0.3 is 0 Å². The molecular weight excluding hydrogens is 286 g/mol. The van der Waals surface area contributed by atoms with Crippen molar-refractivity contribution in [2.45, 2.75) is 13.0 Å². The van der Waals surface area contributed by atoms with Crippen LogP contribution in [0.5, 0.6) is 0 Å². The molecule has 5 heteroatoms. The molecule has 3 N–H and O–H groups in total. The standard InChI is InChI=1S/C16H18ClN3O/c17-14-8-6-13(7-9-14)12-20(11-10-16(18)19-21)15-4-2-1-3-5-15/h1-9,21H,10-12H2,(H2,18,19). The highest BCUT2D eigenvalue weighted by Crippen LogP contribution is 2.18. The van der Waals surface area contributed by atoms with Crippen LogP contribution in [0.1, 0.15) is 12.0 Å². The molecule has 0 aliphatic heterocycles. The molecule has 4 nitrogen and oxygen atoms in total. The number of nitrogens with two attached hydrogens (primary N) is 1. The molecule has 0 fully saturated rings. The number of anilines is 1. The van der Waals surface area contributed by atoms with Crippen LogP contribution in [0.2, 0.25) is 5.02 Å². The largest absolute Gasteiger partial charge is 0.409 e. The first-order chi connectivity index (χ1) is 10.2. The minimum atomic E-state index is 0.229. The van der Waals surface area contributed by atoms with Crippen LogP contribution in [0, 0.1) is 0 Å². The Bertz CT molecular complexity index is 584. The third-order valence-electron chi connectivity index (χ3n) is 3.17. The highest BCUT2D eigenvalue weighted by molar-refractivity contribution is 6.30. The van der Waals surface area contributed by atoms with Gasteiger partial charge in [-0.3, -0.25) is 0 Å². The lowest BCUT2D eigenvalue weighted by atomic mass is 10.2. The first-order valence-corrected chi connectivity index (χ1v) is 7.07. The summed E-state index contributed by atoms with van der Waals surface area (Å²) in [5.74, 6) is 0.229. The molecule has 2 aromatic rings. The van der Waals surface area contributed by atoms with Crippen LogP contribution in [-0.2, 0) is 6.54 Å². The summed E-state index contributed by atoms with van der Waals surface area (Å²) in [5, 5.41) is 12.4. The Morgan fingerprint density at radius 3 is 2.38 bits per heavy atom. The smallest absolute Gasteiger partial charge is 0.140 e. The number of amidine groups is 1. The molecule has 0 aliphatic carbocycles. The van der Waals surface area contributed by atoms with Crippen molar-refractivity contribution in [3.05, 3.63) is 65.2 Å². The Morgan fingerprint density at radius 2 is 1.76 bits per heavy atom. The van der Waals surface area contributed by atoms with Gasteiger partial charge in [0, 0.05) is 30.2 Å². The average Bonchev–Trinajstić information content (AvgIpc) is 2.53. The molecule has 2 rings (SSSR count). The van der Waals surface area contributed by atoms with E-state index in [2.05, 4.69) is 10.1 Å². The SMILES string of the molecule is N/C(CCN(Cc1ccc(Cl)cc1)c1ccccc1)=N\O. The van der Waals surface area contributed by atoms with Crippen molar-refractivity contribution < 1.29 is 5.21 Å². The van der Waals surface area contributed by atoms with Crippen LogP contribution >= 0.6 is 11.6 Å². The Hall–Kier alpha value is -2.20. The molecule has 0 amide bonds. The Morgan fingerprint density at radius 1 is 1.10 bits per heavy atom. The van der Waals surface area contributed by atoms with E-state index in [0.29, 0.717) is 13.0 Å². The van der Waals surface area contributed by atoms with Crippen molar-refractivity contribution in [1.29, 1.82) is 0 Å². The van der Waals surface area contributed by atoms with Gasteiger partial charge in [0.2, 0.25) is 0 Å². The molecular formula is C16H18ClN3O. The average molecular weight is 304 g/mol. The third kappa shape index (κ3) is 4.68. The Kier molecular flexibility index (Phi) is 5.46.